The minimum Gasteiger partial charge on any atom is -0.376 e. The Labute approximate surface area is 174 Å². The van der Waals surface area contributed by atoms with E-state index in [0.717, 1.165) is 53.3 Å². The van der Waals surface area contributed by atoms with E-state index in [1.807, 2.05) is 44.2 Å². The van der Waals surface area contributed by atoms with Crippen LogP contribution in [0.1, 0.15) is 50.5 Å². The number of rotatable bonds is 4. The van der Waals surface area contributed by atoms with Crippen LogP contribution in [0.15, 0.2) is 47.6 Å². The number of amides is 2. The van der Waals surface area contributed by atoms with Gasteiger partial charge in [0.15, 0.2) is 0 Å². The van der Waals surface area contributed by atoms with Gasteiger partial charge in [-0.25, -0.2) is 0 Å². The van der Waals surface area contributed by atoms with Crippen LogP contribution in [-0.4, -0.2) is 40.3 Å². The van der Waals surface area contributed by atoms with Gasteiger partial charge in [0.25, 0.3) is 11.8 Å². The van der Waals surface area contributed by atoms with Gasteiger partial charge in [-0.3, -0.25) is 9.59 Å². The van der Waals surface area contributed by atoms with Crippen LogP contribution in [-0.2, 0) is 11.3 Å². The van der Waals surface area contributed by atoms with Gasteiger partial charge in [-0.2, -0.15) is 10.1 Å². The van der Waals surface area contributed by atoms with E-state index in [2.05, 4.69) is 9.67 Å². The Hall–Kier alpha value is -3.25. The zero-order valence-corrected chi connectivity index (χ0v) is 17.1. The lowest BCUT2D eigenvalue weighted by molar-refractivity contribution is 0.0616. The molecule has 0 spiro atoms. The average molecular weight is 401 g/mol. The highest BCUT2D eigenvalue weighted by molar-refractivity contribution is 6.25. The number of ether oxygens (including phenoxy) is 1. The molecule has 0 unspecified atom stereocenters. The van der Waals surface area contributed by atoms with Crippen LogP contribution in [0.4, 0.5) is 0 Å². The molecule has 2 aliphatic heterocycles. The molecular weight excluding hydrogens is 378 g/mol. The van der Waals surface area contributed by atoms with Crippen molar-refractivity contribution in [3.8, 4) is 0 Å². The lowest BCUT2D eigenvalue weighted by Gasteiger charge is -2.23. The second-order valence-corrected chi connectivity index (χ2v) is 7.95. The Morgan fingerprint density at radius 3 is 2.43 bits per heavy atom. The van der Waals surface area contributed by atoms with Crippen LogP contribution in [0.5, 0.6) is 0 Å². The SMILES string of the molecule is Cc1cc(/C=N\N2C(=O)c3cccc4cccc(c34)C2=O)c(C)n1C[C@H]1CCCO1. The number of aromatic nitrogens is 1. The number of hydrazone groups is 1. The van der Waals surface area contributed by atoms with Crippen LogP contribution in [0.3, 0.4) is 0 Å². The number of hydrogen-bond donors (Lipinski definition) is 0. The van der Waals surface area contributed by atoms with Crippen LogP contribution >= 0.6 is 0 Å². The lowest BCUT2D eigenvalue weighted by Crippen LogP contribution is -2.36. The monoisotopic (exact) mass is 401 g/mol. The topological polar surface area (TPSA) is 63.9 Å². The Morgan fingerprint density at radius 1 is 1.10 bits per heavy atom. The van der Waals surface area contributed by atoms with E-state index in [9.17, 15) is 9.59 Å². The molecular formula is C24H23N3O3. The fraction of sp³-hybridized carbons (Fsp3) is 0.292. The standard InChI is InChI=1S/C24H23N3O3/c1-15-12-18(16(2)26(15)14-19-8-5-11-30-19)13-25-27-23(28)20-9-3-6-17-7-4-10-21(22(17)20)24(27)29/h3-4,6-7,9-10,12-13,19H,5,8,11,14H2,1-2H3/b25-13-/t19-/m1/s1. The molecule has 3 heterocycles. The predicted octanol–water partition coefficient (Wildman–Crippen LogP) is 4.07. The molecule has 1 atom stereocenters. The van der Waals surface area contributed by atoms with Crippen molar-refractivity contribution in [1.82, 2.24) is 9.58 Å². The van der Waals surface area contributed by atoms with Crippen molar-refractivity contribution in [3.63, 3.8) is 0 Å². The minimum atomic E-state index is -0.395. The molecule has 152 valence electrons. The van der Waals surface area contributed by atoms with Crippen LogP contribution in [0, 0.1) is 13.8 Å². The number of nitrogens with zero attached hydrogens (tertiary/aromatic N) is 3. The van der Waals surface area contributed by atoms with Gasteiger partial charge < -0.3 is 9.30 Å². The smallest absolute Gasteiger partial charge is 0.282 e. The molecule has 30 heavy (non-hydrogen) atoms. The number of hydrogen-bond acceptors (Lipinski definition) is 4. The summed E-state index contributed by atoms with van der Waals surface area (Å²) in [5, 5.41) is 6.88. The fourth-order valence-corrected chi connectivity index (χ4v) is 4.47. The largest absolute Gasteiger partial charge is 0.376 e. The third kappa shape index (κ3) is 2.95. The molecule has 6 nitrogen and oxygen atoms in total. The Morgan fingerprint density at radius 2 is 1.80 bits per heavy atom. The number of carbonyl (C=O) groups is 2. The quantitative estimate of drug-likeness (QED) is 0.489. The molecule has 2 amide bonds. The summed E-state index contributed by atoms with van der Waals surface area (Å²) < 4.78 is 7.98. The van der Waals surface area contributed by atoms with Gasteiger partial charge in [0.2, 0.25) is 0 Å². The molecule has 5 rings (SSSR count). The van der Waals surface area contributed by atoms with Gasteiger partial charge in [0.05, 0.1) is 23.4 Å². The summed E-state index contributed by atoms with van der Waals surface area (Å²) in [7, 11) is 0. The molecule has 2 aliphatic rings. The van der Waals surface area contributed by atoms with Gasteiger partial charge in [0.1, 0.15) is 0 Å². The van der Waals surface area contributed by atoms with Crippen molar-refractivity contribution in [2.24, 2.45) is 5.10 Å². The normalized spacial score (nSPS) is 18.9. The summed E-state index contributed by atoms with van der Waals surface area (Å²) in [6.45, 7) is 5.71. The van der Waals surface area contributed by atoms with Crippen molar-refractivity contribution < 1.29 is 14.3 Å². The molecule has 0 radical (unpaired) electrons. The molecule has 0 bridgehead atoms. The maximum Gasteiger partial charge on any atom is 0.282 e. The molecule has 1 saturated heterocycles. The molecule has 6 heteroatoms. The van der Waals surface area contributed by atoms with Crippen molar-refractivity contribution >= 4 is 28.8 Å². The average Bonchev–Trinajstić information content (AvgIpc) is 3.36. The second-order valence-electron chi connectivity index (χ2n) is 7.95. The molecule has 2 aromatic carbocycles. The first-order chi connectivity index (χ1) is 14.5. The predicted molar refractivity (Wildman–Crippen MR) is 115 cm³/mol. The van der Waals surface area contributed by atoms with E-state index in [4.69, 9.17) is 4.74 Å². The summed E-state index contributed by atoms with van der Waals surface area (Å²) in [6, 6.07) is 13.0. The maximum absolute atomic E-state index is 13.0. The zero-order valence-electron chi connectivity index (χ0n) is 17.1. The summed E-state index contributed by atoms with van der Waals surface area (Å²) in [5.74, 6) is -0.789. The molecule has 0 N–H and O–H groups in total. The van der Waals surface area contributed by atoms with Crippen molar-refractivity contribution in [1.29, 1.82) is 0 Å². The number of carbonyl (C=O) groups excluding carboxylic acids is 2. The summed E-state index contributed by atoms with van der Waals surface area (Å²) in [4.78, 5) is 26.0. The van der Waals surface area contributed by atoms with E-state index in [1.54, 1.807) is 18.3 Å². The van der Waals surface area contributed by atoms with E-state index in [0.29, 0.717) is 16.5 Å². The summed E-state index contributed by atoms with van der Waals surface area (Å²) in [5.41, 5.74) is 4.05. The van der Waals surface area contributed by atoms with E-state index in [-0.39, 0.29) is 6.10 Å². The zero-order chi connectivity index (χ0) is 20.8. The second kappa shape index (κ2) is 7.22. The minimum absolute atomic E-state index is 0.238. The third-order valence-corrected chi connectivity index (χ3v) is 6.09. The van der Waals surface area contributed by atoms with Gasteiger partial charge in [-0.05, 0) is 50.3 Å². The van der Waals surface area contributed by atoms with Crippen LogP contribution < -0.4 is 0 Å². The van der Waals surface area contributed by atoms with Gasteiger partial charge in [-0.1, -0.05) is 24.3 Å². The molecule has 3 aromatic rings. The van der Waals surface area contributed by atoms with E-state index < -0.39 is 11.8 Å². The van der Waals surface area contributed by atoms with Crippen molar-refractivity contribution in [2.45, 2.75) is 39.3 Å². The molecule has 0 saturated carbocycles. The molecule has 1 aromatic heterocycles. The highest BCUT2D eigenvalue weighted by atomic mass is 16.5. The first-order valence-electron chi connectivity index (χ1n) is 10.3. The Kier molecular flexibility index (Phi) is 4.51. The Bertz CT molecular complexity index is 1150. The Balaban J connectivity index is 1.46. The van der Waals surface area contributed by atoms with Crippen LogP contribution in [0.25, 0.3) is 10.8 Å². The lowest BCUT2D eigenvalue weighted by atomic mass is 9.95. The first-order valence-corrected chi connectivity index (χ1v) is 10.3. The van der Waals surface area contributed by atoms with Gasteiger partial charge >= 0.3 is 0 Å². The highest BCUT2D eigenvalue weighted by Crippen LogP contribution is 2.30. The number of imide groups is 1. The first kappa shape index (κ1) is 18.8. The highest BCUT2D eigenvalue weighted by Gasteiger charge is 2.32. The maximum atomic E-state index is 13.0. The molecule has 0 aliphatic carbocycles. The van der Waals surface area contributed by atoms with Gasteiger partial charge in [-0.15, -0.1) is 0 Å². The van der Waals surface area contributed by atoms with E-state index in [1.165, 1.54) is 0 Å². The number of aryl methyl sites for hydroxylation is 1. The summed E-state index contributed by atoms with van der Waals surface area (Å²) >= 11 is 0. The van der Waals surface area contributed by atoms with Crippen molar-refractivity contribution in [2.75, 3.05) is 6.61 Å². The van der Waals surface area contributed by atoms with Gasteiger partial charge in [0, 0.05) is 35.5 Å². The fourth-order valence-electron chi connectivity index (χ4n) is 4.47. The van der Waals surface area contributed by atoms with Crippen LogP contribution in [0.2, 0.25) is 0 Å². The van der Waals surface area contributed by atoms with Crippen molar-refractivity contribution in [3.05, 3.63) is 70.5 Å². The third-order valence-electron chi connectivity index (χ3n) is 6.09. The number of benzene rings is 2. The molecule has 1 fully saturated rings. The summed E-state index contributed by atoms with van der Waals surface area (Å²) in [6.07, 6.45) is 4.02. The van der Waals surface area contributed by atoms with E-state index >= 15 is 0 Å².